The standard InChI is InChI=1S/C19H29N3O3/c1-5-8-21-12-14(11-20-21)17(23)13-9-15-6-7-16(10-13)22(15)18(24)25-19(2,3)4/h11-13,15-16H,5-10H2,1-4H3. The van der Waals surface area contributed by atoms with Crippen LogP contribution in [-0.4, -0.2) is 44.2 Å². The summed E-state index contributed by atoms with van der Waals surface area (Å²) in [4.78, 5) is 27.2. The summed E-state index contributed by atoms with van der Waals surface area (Å²) < 4.78 is 7.39. The van der Waals surface area contributed by atoms with Crippen LogP contribution in [-0.2, 0) is 11.3 Å². The van der Waals surface area contributed by atoms with Crippen LogP contribution >= 0.6 is 0 Å². The van der Waals surface area contributed by atoms with E-state index in [2.05, 4.69) is 12.0 Å². The molecule has 6 nitrogen and oxygen atoms in total. The number of fused-ring (bicyclic) bond motifs is 2. The number of piperidine rings is 1. The molecule has 0 N–H and O–H groups in total. The van der Waals surface area contributed by atoms with E-state index in [1.807, 2.05) is 36.5 Å². The fourth-order valence-corrected chi connectivity index (χ4v) is 4.08. The van der Waals surface area contributed by atoms with Crippen molar-refractivity contribution in [3.8, 4) is 0 Å². The summed E-state index contributed by atoms with van der Waals surface area (Å²) in [6.07, 6.45) is 7.68. The smallest absolute Gasteiger partial charge is 0.410 e. The minimum atomic E-state index is -0.489. The number of hydrogen-bond acceptors (Lipinski definition) is 4. The first-order chi connectivity index (χ1) is 11.8. The van der Waals surface area contributed by atoms with Gasteiger partial charge in [0, 0.05) is 30.7 Å². The largest absolute Gasteiger partial charge is 0.444 e. The molecule has 1 amide bonds. The number of ketones is 1. The lowest BCUT2D eigenvalue weighted by Crippen LogP contribution is -2.49. The summed E-state index contributed by atoms with van der Waals surface area (Å²) >= 11 is 0. The van der Waals surface area contributed by atoms with Gasteiger partial charge in [0.15, 0.2) is 5.78 Å². The molecule has 2 bridgehead atoms. The molecular formula is C19H29N3O3. The highest BCUT2D eigenvalue weighted by Crippen LogP contribution is 2.40. The van der Waals surface area contributed by atoms with Crippen LogP contribution < -0.4 is 0 Å². The van der Waals surface area contributed by atoms with Crippen molar-refractivity contribution in [2.24, 2.45) is 5.92 Å². The Labute approximate surface area is 149 Å². The number of aromatic nitrogens is 2. The Balaban J connectivity index is 1.66. The normalized spacial score (nSPS) is 25.9. The third kappa shape index (κ3) is 3.88. The number of Topliss-reactive ketones (excluding diaryl/α,β-unsaturated/α-hetero) is 1. The zero-order valence-electron chi connectivity index (χ0n) is 15.7. The summed E-state index contributed by atoms with van der Waals surface area (Å²) in [5.41, 5.74) is 0.209. The number of carbonyl (C=O) groups is 2. The Bertz CT molecular complexity index is 633. The van der Waals surface area contributed by atoms with Crippen molar-refractivity contribution in [3.63, 3.8) is 0 Å². The minimum absolute atomic E-state index is 0.0181. The lowest BCUT2D eigenvalue weighted by Gasteiger charge is -2.38. The van der Waals surface area contributed by atoms with Gasteiger partial charge in [-0.05, 0) is 52.9 Å². The second-order valence-electron chi connectivity index (χ2n) is 8.30. The SMILES string of the molecule is CCCn1cc(C(=O)C2CC3CCC(C2)N3C(=O)OC(C)(C)C)cn1. The van der Waals surface area contributed by atoms with E-state index in [1.165, 1.54) is 0 Å². The van der Waals surface area contributed by atoms with Crippen molar-refractivity contribution in [1.82, 2.24) is 14.7 Å². The van der Waals surface area contributed by atoms with Gasteiger partial charge in [0.05, 0.1) is 11.8 Å². The van der Waals surface area contributed by atoms with Crippen LogP contribution in [0.3, 0.4) is 0 Å². The average molecular weight is 347 g/mol. The Kier molecular flexibility index (Phi) is 4.89. The number of hydrogen-bond donors (Lipinski definition) is 0. The molecule has 3 heterocycles. The van der Waals surface area contributed by atoms with Gasteiger partial charge in [-0.1, -0.05) is 6.92 Å². The van der Waals surface area contributed by atoms with Crippen molar-refractivity contribution >= 4 is 11.9 Å². The van der Waals surface area contributed by atoms with Gasteiger partial charge in [-0.15, -0.1) is 0 Å². The van der Waals surface area contributed by atoms with E-state index in [0.717, 1.165) is 38.6 Å². The highest BCUT2D eigenvalue weighted by molar-refractivity contribution is 5.97. The summed E-state index contributed by atoms with van der Waals surface area (Å²) in [7, 11) is 0. The molecule has 0 aliphatic carbocycles. The van der Waals surface area contributed by atoms with Crippen molar-refractivity contribution in [2.75, 3.05) is 0 Å². The molecule has 0 radical (unpaired) electrons. The Hall–Kier alpha value is -1.85. The monoisotopic (exact) mass is 347 g/mol. The number of ether oxygens (including phenoxy) is 1. The van der Waals surface area contributed by atoms with Crippen molar-refractivity contribution in [2.45, 2.75) is 84.0 Å². The van der Waals surface area contributed by atoms with E-state index < -0.39 is 5.60 Å². The molecule has 2 unspecified atom stereocenters. The summed E-state index contributed by atoms with van der Waals surface area (Å²) in [6.45, 7) is 8.58. The Morgan fingerprint density at radius 2 is 1.88 bits per heavy atom. The van der Waals surface area contributed by atoms with Gasteiger partial charge in [0.1, 0.15) is 5.60 Å². The minimum Gasteiger partial charge on any atom is -0.444 e. The van der Waals surface area contributed by atoms with Crippen LogP contribution in [0.5, 0.6) is 0 Å². The van der Waals surface area contributed by atoms with Gasteiger partial charge >= 0.3 is 6.09 Å². The van der Waals surface area contributed by atoms with Gasteiger partial charge in [0.25, 0.3) is 0 Å². The van der Waals surface area contributed by atoms with Crippen LogP contribution in [0.25, 0.3) is 0 Å². The molecule has 1 aromatic rings. The summed E-state index contributed by atoms with van der Waals surface area (Å²) in [5.74, 6) is 0.151. The molecule has 0 saturated carbocycles. The highest BCUT2D eigenvalue weighted by Gasteiger charge is 2.46. The van der Waals surface area contributed by atoms with E-state index in [1.54, 1.807) is 6.20 Å². The van der Waals surface area contributed by atoms with Crippen LogP contribution in [0.1, 0.15) is 70.2 Å². The lowest BCUT2D eigenvalue weighted by atomic mass is 9.85. The third-order valence-electron chi connectivity index (χ3n) is 5.08. The highest BCUT2D eigenvalue weighted by atomic mass is 16.6. The van der Waals surface area contributed by atoms with Gasteiger partial charge in [-0.3, -0.25) is 9.48 Å². The van der Waals surface area contributed by atoms with Gasteiger partial charge in [-0.25, -0.2) is 4.79 Å². The number of carbonyl (C=O) groups excluding carboxylic acids is 2. The van der Waals surface area contributed by atoms with E-state index in [-0.39, 0.29) is 29.9 Å². The molecule has 138 valence electrons. The second-order valence-corrected chi connectivity index (χ2v) is 8.30. The molecule has 1 aromatic heterocycles. The van der Waals surface area contributed by atoms with Crippen molar-refractivity contribution in [3.05, 3.63) is 18.0 Å². The topological polar surface area (TPSA) is 64.4 Å². The quantitative estimate of drug-likeness (QED) is 0.780. The van der Waals surface area contributed by atoms with E-state index in [9.17, 15) is 9.59 Å². The molecular weight excluding hydrogens is 318 g/mol. The predicted molar refractivity (Wildman–Crippen MR) is 94.5 cm³/mol. The van der Waals surface area contributed by atoms with Gasteiger partial charge in [0.2, 0.25) is 0 Å². The maximum Gasteiger partial charge on any atom is 0.410 e. The average Bonchev–Trinajstić information content (AvgIpc) is 3.08. The fourth-order valence-electron chi connectivity index (χ4n) is 4.08. The van der Waals surface area contributed by atoms with E-state index in [0.29, 0.717) is 5.56 Å². The van der Waals surface area contributed by atoms with E-state index >= 15 is 0 Å². The Morgan fingerprint density at radius 3 is 2.44 bits per heavy atom. The maximum atomic E-state index is 12.9. The summed E-state index contributed by atoms with van der Waals surface area (Å²) in [5, 5.41) is 4.27. The zero-order chi connectivity index (χ0) is 18.2. The van der Waals surface area contributed by atoms with Crippen molar-refractivity contribution in [1.29, 1.82) is 0 Å². The van der Waals surface area contributed by atoms with Crippen LogP contribution in [0.4, 0.5) is 4.79 Å². The van der Waals surface area contributed by atoms with Crippen LogP contribution in [0.2, 0.25) is 0 Å². The first kappa shape index (κ1) is 18.0. The predicted octanol–water partition coefficient (Wildman–Crippen LogP) is 3.65. The third-order valence-corrected chi connectivity index (χ3v) is 5.08. The number of nitrogens with zero attached hydrogens (tertiary/aromatic N) is 3. The number of rotatable bonds is 4. The molecule has 3 rings (SSSR count). The fraction of sp³-hybridized carbons (Fsp3) is 0.737. The van der Waals surface area contributed by atoms with Crippen molar-refractivity contribution < 1.29 is 14.3 Å². The molecule has 2 saturated heterocycles. The maximum absolute atomic E-state index is 12.9. The first-order valence-electron chi connectivity index (χ1n) is 9.36. The molecule has 2 atom stereocenters. The molecule has 2 aliphatic rings. The molecule has 2 fully saturated rings. The lowest BCUT2D eigenvalue weighted by molar-refractivity contribution is 0.00254. The molecule has 25 heavy (non-hydrogen) atoms. The first-order valence-corrected chi connectivity index (χ1v) is 9.36. The molecule has 0 spiro atoms. The number of amides is 1. The molecule has 0 aromatic carbocycles. The van der Waals surface area contributed by atoms with Crippen LogP contribution in [0, 0.1) is 5.92 Å². The van der Waals surface area contributed by atoms with Gasteiger partial charge < -0.3 is 9.64 Å². The van der Waals surface area contributed by atoms with E-state index in [4.69, 9.17) is 4.74 Å². The Morgan fingerprint density at radius 1 is 1.24 bits per heavy atom. The van der Waals surface area contributed by atoms with Crippen LogP contribution in [0.15, 0.2) is 12.4 Å². The number of aryl methyl sites for hydroxylation is 1. The zero-order valence-corrected chi connectivity index (χ0v) is 15.7. The second kappa shape index (κ2) is 6.81. The summed E-state index contributed by atoms with van der Waals surface area (Å²) in [6, 6.07) is 0.237. The van der Waals surface area contributed by atoms with Gasteiger partial charge in [-0.2, -0.15) is 5.10 Å². The molecule has 2 aliphatic heterocycles. The molecule has 6 heteroatoms.